The molecule has 1 N–H and O–H groups in total. The van der Waals surface area contributed by atoms with Crippen LogP contribution in [0.4, 0.5) is 5.82 Å². The molecule has 0 saturated carbocycles. The predicted octanol–water partition coefficient (Wildman–Crippen LogP) is 3.38. The first-order chi connectivity index (χ1) is 8.36. The summed E-state index contributed by atoms with van der Waals surface area (Å²) in [4.78, 5) is 6.79. The van der Waals surface area contributed by atoms with Gasteiger partial charge in [0.05, 0.1) is 0 Å². The fourth-order valence-electron chi connectivity index (χ4n) is 1.96. The highest BCUT2D eigenvalue weighted by Gasteiger charge is 2.24. The van der Waals surface area contributed by atoms with Crippen molar-refractivity contribution in [3.63, 3.8) is 0 Å². The first kappa shape index (κ1) is 15.0. The quantitative estimate of drug-likeness (QED) is 0.867. The summed E-state index contributed by atoms with van der Waals surface area (Å²) in [5.74, 6) is 1.01. The number of hydrogen-bond donors (Lipinski definition) is 1. The van der Waals surface area contributed by atoms with Gasteiger partial charge in [0.15, 0.2) is 0 Å². The molecule has 0 aromatic carbocycles. The zero-order valence-corrected chi connectivity index (χ0v) is 12.6. The molecule has 18 heavy (non-hydrogen) atoms. The minimum Gasteiger partial charge on any atom is -0.370 e. The van der Waals surface area contributed by atoms with E-state index in [0.29, 0.717) is 6.04 Å². The van der Waals surface area contributed by atoms with Crippen LogP contribution >= 0.6 is 0 Å². The molecule has 0 aliphatic carbocycles. The number of nitrogens with zero attached hydrogens (tertiary/aromatic N) is 2. The lowest BCUT2D eigenvalue weighted by molar-refractivity contribution is 0.135. The van der Waals surface area contributed by atoms with E-state index in [-0.39, 0.29) is 5.41 Å². The molecule has 3 nitrogen and oxygen atoms in total. The van der Waals surface area contributed by atoms with Crippen molar-refractivity contribution >= 4 is 5.82 Å². The Morgan fingerprint density at radius 3 is 2.61 bits per heavy atom. The van der Waals surface area contributed by atoms with Gasteiger partial charge in [-0.1, -0.05) is 26.8 Å². The lowest BCUT2D eigenvalue weighted by atomic mass is 9.87. The highest BCUT2D eigenvalue weighted by molar-refractivity contribution is 5.43. The molecule has 0 fully saturated rings. The molecule has 1 rings (SSSR count). The molecule has 0 spiro atoms. The van der Waals surface area contributed by atoms with Crippen LogP contribution in [-0.4, -0.2) is 29.5 Å². The second kappa shape index (κ2) is 6.19. The van der Waals surface area contributed by atoms with Crippen molar-refractivity contribution in [2.75, 3.05) is 18.9 Å². The Bertz CT molecular complexity index is 368. The van der Waals surface area contributed by atoms with Gasteiger partial charge in [-0.25, -0.2) is 4.98 Å². The number of pyridine rings is 1. The molecular formula is C15H27N3. The molecule has 1 atom stereocenters. The van der Waals surface area contributed by atoms with E-state index >= 15 is 0 Å². The lowest BCUT2D eigenvalue weighted by Crippen LogP contribution is -2.38. The summed E-state index contributed by atoms with van der Waals surface area (Å²) < 4.78 is 0. The topological polar surface area (TPSA) is 28.2 Å². The van der Waals surface area contributed by atoms with Crippen molar-refractivity contribution < 1.29 is 0 Å². The summed E-state index contributed by atoms with van der Waals surface area (Å²) in [7, 11) is 2.18. The summed E-state index contributed by atoms with van der Waals surface area (Å²) in [6.45, 7) is 13.0. The van der Waals surface area contributed by atoms with Gasteiger partial charge in [-0.3, -0.25) is 4.90 Å². The van der Waals surface area contributed by atoms with Crippen molar-refractivity contribution in [3.8, 4) is 0 Å². The molecule has 1 unspecified atom stereocenters. The molecule has 0 bridgehead atoms. The molecule has 1 aromatic heterocycles. The molecule has 3 heteroatoms. The Labute approximate surface area is 112 Å². The highest BCUT2D eigenvalue weighted by atomic mass is 15.1. The molecule has 0 radical (unpaired) electrons. The zero-order valence-electron chi connectivity index (χ0n) is 12.6. The largest absolute Gasteiger partial charge is 0.370 e. The van der Waals surface area contributed by atoms with Crippen molar-refractivity contribution in [2.45, 2.75) is 47.2 Å². The van der Waals surface area contributed by atoms with Crippen LogP contribution in [0.2, 0.25) is 0 Å². The Morgan fingerprint density at radius 2 is 2.06 bits per heavy atom. The first-order valence-corrected chi connectivity index (χ1v) is 6.74. The third-order valence-electron chi connectivity index (χ3n) is 3.57. The summed E-state index contributed by atoms with van der Waals surface area (Å²) in [5.41, 5.74) is 1.55. The average molecular weight is 249 g/mol. The van der Waals surface area contributed by atoms with Gasteiger partial charge in [-0.05, 0) is 32.4 Å². The molecule has 102 valence electrons. The molecule has 0 aliphatic heterocycles. The van der Waals surface area contributed by atoms with Gasteiger partial charge >= 0.3 is 0 Å². The highest BCUT2D eigenvalue weighted by Crippen LogP contribution is 2.25. The monoisotopic (exact) mass is 249 g/mol. The van der Waals surface area contributed by atoms with Gasteiger partial charge in [0.25, 0.3) is 0 Å². The number of anilines is 1. The van der Waals surface area contributed by atoms with Gasteiger partial charge in [0.2, 0.25) is 0 Å². The zero-order chi connectivity index (χ0) is 13.8. The molecule has 0 amide bonds. The maximum atomic E-state index is 4.41. The molecular weight excluding hydrogens is 222 g/mol. The minimum absolute atomic E-state index is 0.287. The van der Waals surface area contributed by atoms with Crippen molar-refractivity contribution in [3.05, 3.63) is 23.9 Å². The van der Waals surface area contributed by atoms with E-state index < -0.39 is 0 Å². The predicted molar refractivity (Wildman–Crippen MR) is 78.8 cm³/mol. The van der Waals surface area contributed by atoms with Crippen molar-refractivity contribution in [2.24, 2.45) is 5.41 Å². The van der Waals surface area contributed by atoms with Crippen molar-refractivity contribution in [1.82, 2.24) is 9.88 Å². The van der Waals surface area contributed by atoms with Gasteiger partial charge in [-0.15, -0.1) is 0 Å². The van der Waals surface area contributed by atoms with E-state index in [1.54, 1.807) is 0 Å². The maximum absolute atomic E-state index is 4.41. The van der Waals surface area contributed by atoms with Crippen LogP contribution in [0.3, 0.4) is 0 Å². The normalized spacial score (nSPS) is 13.7. The molecule has 0 aliphatic rings. The summed E-state index contributed by atoms with van der Waals surface area (Å²) in [6, 6.07) is 4.68. The number of hydrogen-bond acceptors (Lipinski definition) is 3. The molecule has 1 aromatic rings. The average Bonchev–Trinajstić information content (AvgIpc) is 2.29. The second-order valence-electron chi connectivity index (χ2n) is 6.00. The Morgan fingerprint density at radius 1 is 1.39 bits per heavy atom. The van der Waals surface area contributed by atoms with Crippen LogP contribution in [0.15, 0.2) is 18.3 Å². The molecule has 1 heterocycles. The smallest absolute Gasteiger partial charge is 0.130 e. The molecule has 0 saturated heterocycles. The Balaban J connectivity index is 2.78. The standard InChI is InChI=1S/C15H27N3/c1-7-16-14-13(9-8-10-17-14)11-18(6)12(2)15(3,4)5/h8-10,12H,7,11H2,1-6H3,(H,16,17). The summed E-state index contributed by atoms with van der Waals surface area (Å²) >= 11 is 0. The van der Waals surface area contributed by atoms with E-state index in [1.165, 1.54) is 5.56 Å². The number of rotatable bonds is 5. The van der Waals surface area contributed by atoms with Crippen LogP contribution < -0.4 is 5.32 Å². The van der Waals surface area contributed by atoms with E-state index in [2.05, 4.69) is 62.9 Å². The minimum atomic E-state index is 0.287. The third-order valence-corrected chi connectivity index (χ3v) is 3.57. The van der Waals surface area contributed by atoms with Crippen molar-refractivity contribution in [1.29, 1.82) is 0 Å². The van der Waals surface area contributed by atoms with Crippen LogP contribution in [0, 0.1) is 5.41 Å². The lowest BCUT2D eigenvalue weighted by Gasteiger charge is -2.35. The van der Waals surface area contributed by atoms with Crippen LogP contribution in [-0.2, 0) is 6.54 Å². The first-order valence-electron chi connectivity index (χ1n) is 6.74. The van der Waals surface area contributed by atoms with Gasteiger partial charge in [-0.2, -0.15) is 0 Å². The van der Waals surface area contributed by atoms with Gasteiger partial charge in [0, 0.05) is 30.9 Å². The van der Waals surface area contributed by atoms with E-state index in [0.717, 1.165) is 18.9 Å². The van der Waals surface area contributed by atoms with Gasteiger partial charge < -0.3 is 5.32 Å². The van der Waals surface area contributed by atoms with E-state index in [9.17, 15) is 0 Å². The number of nitrogens with one attached hydrogen (secondary N) is 1. The van der Waals surface area contributed by atoms with E-state index in [1.807, 2.05) is 12.3 Å². The van der Waals surface area contributed by atoms with Crippen LogP contribution in [0.1, 0.15) is 40.2 Å². The fourth-order valence-corrected chi connectivity index (χ4v) is 1.96. The third kappa shape index (κ3) is 3.98. The van der Waals surface area contributed by atoms with Gasteiger partial charge in [0.1, 0.15) is 5.82 Å². The SMILES string of the molecule is CCNc1ncccc1CN(C)C(C)C(C)(C)C. The van der Waals surface area contributed by atoms with E-state index in [4.69, 9.17) is 0 Å². The summed E-state index contributed by atoms with van der Waals surface area (Å²) in [5, 5.41) is 3.32. The van der Waals surface area contributed by atoms with Crippen LogP contribution in [0.25, 0.3) is 0 Å². The Kier molecular flexibility index (Phi) is 5.15. The Hall–Kier alpha value is -1.09. The second-order valence-corrected chi connectivity index (χ2v) is 6.00. The van der Waals surface area contributed by atoms with Crippen LogP contribution in [0.5, 0.6) is 0 Å². The summed E-state index contributed by atoms with van der Waals surface area (Å²) in [6.07, 6.45) is 1.84. The maximum Gasteiger partial charge on any atom is 0.130 e. The fraction of sp³-hybridized carbons (Fsp3) is 0.667. The number of aromatic nitrogens is 1.